The summed E-state index contributed by atoms with van der Waals surface area (Å²) in [7, 11) is 0. The van der Waals surface area contributed by atoms with Crippen LogP contribution >= 0.6 is 0 Å². The van der Waals surface area contributed by atoms with Gasteiger partial charge in [-0.25, -0.2) is 4.99 Å². The van der Waals surface area contributed by atoms with E-state index in [4.69, 9.17) is 9.98 Å². The Morgan fingerprint density at radius 1 is 0.488 bits per heavy atom. The van der Waals surface area contributed by atoms with Gasteiger partial charge >= 0.3 is 0 Å². The molecule has 0 amide bonds. The van der Waals surface area contributed by atoms with Crippen molar-refractivity contribution in [3.8, 4) is 16.8 Å². The second-order valence-corrected chi connectivity index (χ2v) is 11.0. The normalized spacial score (nSPS) is 14.9. The van der Waals surface area contributed by atoms with Crippen molar-refractivity contribution in [3.63, 3.8) is 0 Å². The first-order chi connectivity index (χ1) is 21.3. The quantitative estimate of drug-likeness (QED) is 0.204. The minimum Gasteiger partial charge on any atom is -0.309 e. The number of rotatable bonds is 5. The van der Waals surface area contributed by atoms with E-state index in [1.54, 1.807) is 0 Å². The number of nitrogens with zero attached hydrogens (tertiary/aromatic N) is 3. The number of fused-ring (bicyclic) bond motifs is 3. The zero-order valence-corrected chi connectivity index (χ0v) is 23.6. The summed E-state index contributed by atoms with van der Waals surface area (Å²) in [5.41, 5.74) is 10.3. The van der Waals surface area contributed by atoms with Crippen LogP contribution in [-0.2, 0) is 0 Å². The SMILES string of the molecule is c1ccc(C2=NC(c3cccc(-c4ccc(-n5c6ccccc6c6ccccc65)cc4)c3)=NC(c3ccccc3)C2)cc1. The zero-order valence-electron chi connectivity index (χ0n) is 23.6. The Kier molecular flexibility index (Phi) is 6.27. The number of para-hydroxylation sites is 2. The Labute approximate surface area is 251 Å². The molecule has 0 saturated carbocycles. The van der Waals surface area contributed by atoms with E-state index in [-0.39, 0.29) is 6.04 Å². The molecule has 7 aromatic rings. The molecule has 0 aliphatic carbocycles. The highest BCUT2D eigenvalue weighted by molar-refractivity contribution is 6.14. The van der Waals surface area contributed by atoms with Gasteiger partial charge in [-0.05, 0) is 52.6 Å². The smallest absolute Gasteiger partial charge is 0.155 e. The third kappa shape index (κ3) is 4.65. The summed E-state index contributed by atoms with van der Waals surface area (Å²) in [4.78, 5) is 10.3. The molecule has 6 aromatic carbocycles. The fraction of sp³-hybridized carbons (Fsp3) is 0.0500. The van der Waals surface area contributed by atoms with Gasteiger partial charge in [0.05, 0.1) is 22.8 Å². The maximum Gasteiger partial charge on any atom is 0.155 e. The lowest BCUT2D eigenvalue weighted by atomic mass is 9.95. The first kappa shape index (κ1) is 25.2. The van der Waals surface area contributed by atoms with E-state index in [1.807, 2.05) is 6.07 Å². The summed E-state index contributed by atoms with van der Waals surface area (Å²) >= 11 is 0. The van der Waals surface area contributed by atoms with Gasteiger partial charge in [-0.3, -0.25) is 4.99 Å². The molecule has 204 valence electrons. The van der Waals surface area contributed by atoms with Crippen LogP contribution in [0.5, 0.6) is 0 Å². The van der Waals surface area contributed by atoms with Gasteiger partial charge in [0.25, 0.3) is 0 Å². The largest absolute Gasteiger partial charge is 0.309 e. The third-order valence-electron chi connectivity index (χ3n) is 8.36. The standard InChI is InChI=1S/C40H29N3/c1-3-12-29(13-4-1)36-27-37(30-14-5-2-6-15-30)42-40(41-36)32-17-11-16-31(26-32)28-22-24-33(25-23-28)43-38-20-9-7-18-34(38)35-19-8-10-21-39(35)43/h1-26,36H,27H2. The lowest BCUT2D eigenvalue weighted by Gasteiger charge is -2.21. The molecule has 2 heterocycles. The Balaban J connectivity index is 1.17. The second kappa shape index (κ2) is 10.7. The first-order valence-electron chi connectivity index (χ1n) is 14.8. The van der Waals surface area contributed by atoms with Gasteiger partial charge in [-0.15, -0.1) is 0 Å². The lowest BCUT2D eigenvalue weighted by Crippen LogP contribution is -2.17. The molecule has 3 heteroatoms. The molecule has 0 radical (unpaired) electrons. The summed E-state index contributed by atoms with van der Waals surface area (Å²) in [6.07, 6.45) is 0.779. The maximum atomic E-state index is 5.16. The van der Waals surface area contributed by atoms with Crippen molar-refractivity contribution in [3.05, 3.63) is 174 Å². The molecule has 3 nitrogen and oxygen atoms in total. The average molecular weight is 552 g/mol. The van der Waals surface area contributed by atoms with Crippen LogP contribution in [-0.4, -0.2) is 16.1 Å². The predicted molar refractivity (Wildman–Crippen MR) is 180 cm³/mol. The number of aromatic nitrogens is 1. The first-order valence-corrected chi connectivity index (χ1v) is 14.8. The van der Waals surface area contributed by atoms with Crippen molar-refractivity contribution in [2.45, 2.75) is 12.5 Å². The average Bonchev–Trinajstić information content (AvgIpc) is 3.43. The summed E-state index contributed by atoms with van der Waals surface area (Å²) in [5, 5.41) is 2.54. The van der Waals surface area contributed by atoms with Gasteiger partial charge in [-0.1, -0.05) is 127 Å². The van der Waals surface area contributed by atoms with Crippen LogP contribution in [0.1, 0.15) is 29.2 Å². The molecular formula is C40H29N3. The number of benzene rings is 6. The highest BCUT2D eigenvalue weighted by Gasteiger charge is 2.22. The Morgan fingerprint density at radius 2 is 1.07 bits per heavy atom. The van der Waals surface area contributed by atoms with Gasteiger partial charge in [0.2, 0.25) is 0 Å². The van der Waals surface area contributed by atoms with Crippen molar-refractivity contribution in [2.75, 3.05) is 0 Å². The highest BCUT2D eigenvalue weighted by Crippen LogP contribution is 2.33. The van der Waals surface area contributed by atoms with Gasteiger partial charge in [0.1, 0.15) is 0 Å². The molecule has 0 spiro atoms. The van der Waals surface area contributed by atoms with Crippen LogP contribution < -0.4 is 0 Å². The minimum atomic E-state index is 0.0260. The molecule has 43 heavy (non-hydrogen) atoms. The fourth-order valence-corrected chi connectivity index (χ4v) is 6.24. The summed E-state index contributed by atoms with van der Waals surface area (Å²) in [6, 6.07) is 55.8. The molecule has 1 unspecified atom stereocenters. The molecule has 0 N–H and O–H groups in total. The van der Waals surface area contributed by atoms with Crippen molar-refractivity contribution >= 4 is 33.4 Å². The number of amidine groups is 1. The molecule has 1 aromatic heterocycles. The van der Waals surface area contributed by atoms with E-state index in [1.165, 1.54) is 27.4 Å². The summed E-state index contributed by atoms with van der Waals surface area (Å²) in [5.74, 6) is 0.780. The summed E-state index contributed by atoms with van der Waals surface area (Å²) < 4.78 is 2.35. The topological polar surface area (TPSA) is 29.6 Å². The second-order valence-electron chi connectivity index (χ2n) is 11.0. The van der Waals surface area contributed by atoms with Crippen molar-refractivity contribution in [1.82, 2.24) is 4.57 Å². The highest BCUT2D eigenvalue weighted by atomic mass is 15.0. The van der Waals surface area contributed by atoms with Crippen LogP contribution in [0.4, 0.5) is 0 Å². The van der Waals surface area contributed by atoms with Gasteiger partial charge in [0, 0.05) is 28.4 Å². The van der Waals surface area contributed by atoms with E-state index >= 15 is 0 Å². The Bertz CT molecular complexity index is 2080. The van der Waals surface area contributed by atoms with Gasteiger partial charge in [-0.2, -0.15) is 0 Å². The van der Waals surface area contributed by atoms with Crippen LogP contribution in [0.2, 0.25) is 0 Å². The monoisotopic (exact) mass is 551 g/mol. The zero-order chi connectivity index (χ0) is 28.6. The lowest BCUT2D eigenvalue weighted by molar-refractivity contribution is 0.753. The fourth-order valence-electron chi connectivity index (χ4n) is 6.24. The Morgan fingerprint density at radius 3 is 1.77 bits per heavy atom. The molecule has 1 aliphatic heterocycles. The Hall–Kier alpha value is -5.54. The van der Waals surface area contributed by atoms with E-state index in [0.717, 1.165) is 45.9 Å². The van der Waals surface area contributed by atoms with Gasteiger partial charge in [0.15, 0.2) is 5.84 Å². The molecule has 8 rings (SSSR count). The van der Waals surface area contributed by atoms with Crippen LogP contribution in [0.25, 0.3) is 38.6 Å². The van der Waals surface area contributed by atoms with Crippen LogP contribution in [0.15, 0.2) is 168 Å². The van der Waals surface area contributed by atoms with Crippen molar-refractivity contribution in [2.24, 2.45) is 9.98 Å². The minimum absolute atomic E-state index is 0.0260. The molecule has 1 atom stereocenters. The molecule has 0 fully saturated rings. The maximum absolute atomic E-state index is 5.16. The molecule has 1 aliphatic rings. The summed E-state index contributed by atoms with van der Waals surface area (Å²) in [6.45, 7) is 0. The van der Waals surface area contributed by atoms with Gasteiger partial charge < -0.3 is 4.57 Å². The van der Waals surface area contributed by atoms with Crippen molar-refractivity contribution < 1.29 is 0 Å². The van der Waals surface area contributed by atoms with Crippen LogP contribution in [0, 0.1) is 0 Å². The van der Waals surface area contributed by atoms with Crippen LogP contribution in [0.3, 0.4) is 0 Å². The third-order valence-corrected chi connectivity index (χ3v) is 8.36. The van der Waals surface area contributed by atoms with E-state index in [0.29, 0.717) is 0 Å². The molecular weight excluding hydrogens is 522 g/mol. The van der Waals surface area contributed by atoms with E-state index in [9.17, 15) is 0 Å². The number of aliphatic imine (C=N–C) groups is 2. The predicted octanol–water partition coefficient (Wildman–Crippen LogP) is 9.83. The molecule has 0 bridgehead atoms. The van der Waals surface area contributed by atoms with Crippen molar-refractivity contribution in [1.29, 1.82) is 0 Å². The number of hydrogen-bond donors (Lipinski definition) is 0. The molecule has 0 saturated heterocycles. The van der Waals surface area contributed by atoms with E-state index < -0.39 is 0 Å². The van der Waals surface area contributed by atoms with E-state index in [2.05, 4.69) is 156 Å². The number of hydrogen-bond acceptors (Lipinski definition) is 2.